The Balaban J connectivity index is 1.85. The number of likely N-dealkylation sites (tertiary alicyclic amines) is 1. The second-order valence-corrected chi connectivity index (χ2v) is 10.9. The maximum absolute atomic E-state index is 12.2. The lowest BCUT2D eigenvalue weighted by Crippen LogP contribution is -2.36. The minimum atomic E-state index is -3.49. The van der Waals surface area contributed by atoms with Crippen LogP contribution in [0, 0.1) is 5.92 Å². The first-order chi connectivity index (χ1) is 10.6. The minimum absolute atomic E-state index is 0.0979. The molecule has 1 aromatic heterocycles. The normalized spacial score (nSPS) is 19.1. The van der Waals surface area contributed by atoms with Crippen LogP contribution in [-0.2, 0) is 14.8 Å². The number of carbonyl (C=O) groups is 1. The molecule has 1 unspecified atom stereocenters. The lowest BCUT2D eigenvalue weighted by Gasteiger charge is -2.24. The fourth-order valence-corrected chi connectivity index (χ4v) is 5.40. The van der Waals surface area contributed by atoms with Crippen LogP contribution in [0.2, 0.25) is 0 Å². The number of hydrogen-bond donors (Lipinski definition) is 1. The van der Waals surface area contributed by atoms with Crippen molar-refractivity contribution in [1.82, 2.24) is 9.62 Å². The molecule has 1 fully saturated rings. The molecule has 0 bridgehead atoms. The molecule has 23 heavy (non-hydrogen) atoms. The molecule has 1 aliphatic heterocycles. The number of thiophene rings is 1. The summed E-state index contributed by atoms with van der Waals surface area (Å²) in [4.78, 5) is 13.6. The van der Waals surface area contributed by atoms with Crippen LogP contribution in [0.1, 0.15) is 27.2 Å². The van der Waals surface area contributed by atoms with Gasteiger partial charge in [0, 0.05) is 19.6 Å². The minimum Gasteiger partial charge on any atom is -0.444 e. The van der Waals surface area contributed by atoms with Gasteiger partial charge in [0.05, 0.1) is 3.79 Å². The van der Waals surface area contributed by atoms with Crippen LogP contribution >= 0.6 is 27.3 Å². The van der Waals surface area contributed by atoms with Gasteiger partial charge in [0.25, 0.3) is 0 Å². The highest BCUT2D eigenvalue weighted by Crippen LogP contribution is 2.26. The van der Waals surface area contributed by atoms with Crippen LogP contribution in [0.4, 0.5) is 4.79 Å². The van der Waals surface area contributed by atoms with Crippen molar-refractivity contribution in [2.75, 3.05) is 19.6 Å². The third kappa shape index (κ3) is 5.44. The smallest absolute Gasteiger partial charge is 0.410 e. The highest BCUT2D eigenvalue weighted by atomic mass is 79.9. The number of hydrogen-bond acceptors (Lipinski definition) is 5. The van der Waals surface area contributed by atoms with E-state index in [0.717, 1.165) is 10.2 Å². The number of nitrogens with one attached hydrogen (secondary N) is 1. The van der Waals surface area contributed by atoms with Crippen LogP contribution in [-0.4, -0.2) is 44.6 Å². The summed E-state index contributed by atoms with van der Waals surface area (Å²) in [6.07, 6.45) is 0.417. The molecule has 1 N–H and O–H groups in total. The van der Waals surface area contributed by atoms with Gasteiger partial charge in [-0.2, -0.15) is 0 Å². The molecule has 0 aromatic carbocycles. The van der Waals surface area contributed by atoms with Crippen molar-refractivity contribution in [3.8, 4) is 0 Å². The van der Waals surface area contributed by atoms with Crippen molar-refractivity contribution in [1.29, 1.82) is 0 Å². The average Bonchev–Trinajstić information content (AvgIpc) is 3.03. The van der Waals surface area contributed by atoms with E-state index >= 15 is 0 Å². The third-order valence-electron chi connectivity index (χ3n) is 3.31. The first-order valence-corrected chi connectivity index (χ1v) is 10.4. The Kier molecular flexibility index (Phi) is 5.76. The lowest BCUT2D eigenvalue weighted by atomic mass is 10.1. The van der Waals surface area contributed by atoms with Crippen molar-refractivity contribution in [2.45, 2.75) is 37.0 Å². The Morgan fingerprint density at radius 2 is 2.17 bits per heavy atom. The molecule has 1 amide bonds. The summed E-state index contributed by atoms with van der Waals surface area (Å²) in [7, 11) is -3.49. The molecule has 1 atom stereocenters. The average molecular weight is 425 g/mol. The number of rotatable bonds is 4. The van der Waals surface area contributed by atoms with Crippen LogP contribution in [0.3, 0.4) is 0 Å². The molecule has 6 nitrogen and oxygen atoms in total. The molecule has 0 saturated carbocycles. The predicted octanol–water partition coefficient (Wildman–Crippen LogP) is 3.05. The maximum atomic E-state index is 12.2. The quantitative estimate of drug-likeness (QED) is 0.805. The molecule has 1 aromatic rings. The van der Waals surface area contributed by atoms with Gasteiger partial charge in [0.2, 0.25) is 10.0 Å². The van der Waals surface area contributed by atoms with Crippen molar-refractivity contribution in [3.05, 3.63) is 15.9 Å². The summed E-state index contributed by atoms with van der Waals surface area (Å²) >= 11 is 4.43. The Bertz CT molecular complexity index is 667. The second kappa shape index (κ2) is 7.08. The van der Waals surface area contributed by atoms with Gasteiger partial charge in [-0.3, -0.25) is 0 Å². The molecule has 0 aliphatic carbocycles. The molecule has 0 radical (unpaired) electrons. The van der Waals surface area contributed by atoms with Gasteiger partial charge in [-0.25, -0.2) is 17.9 Å². The van der Waals surface area contributed by atoms with Gasteiger partial charge in [-0.05, 0) is 61.2 Å². The Hall–Kier alpha value is -0.640. The number of amides is 1. The number of ether oxygens (including phenoxy) is 1. The van der Waals surface area contributed by atoms with E-state index in [9.17, 15) is 13.2 Å². The zero-order valence-electron chi connectivity index (χ0n) is 13.3. The Labute approximate surface area is 149 Å². The highest BCUT2D eigenvalue weighted by molar-refractivity contribution is 9.11. The lowest BCUT2D eigenvalue weighted by molar-refractivity contribution is 0.0288. The molecule has 9 heteroatoms. The van der Waals surface area contributed by atoms with E-state index in [1.807, 2.05) is 20.8 Å². The zero-order chi connectivity index (χ0) is 17.3. The fourth-order valence-electron chi connectivity index (χ4n) is 2.23. The van der Waals surface area contributed by atoms with Crippen molar-refractivity contribution < 1.29 is 17.9 Å². The van der Waals surface area contributed by atoms with Crippen LogP contribution in [0.5, 0.6) is 0 Å². The topological polar surface area (TPSA) is 75.7 Å². The van der Waals surface area contributed by atoms with Gasteiger partial charge in [-0.1, -0.05) is 0 Å². The second-order valence-electron chi connectivity index (χ2n) is 6.49. The summed E-state index contributed by atoms with van der Waals surface area (Å²) in [5, 5.41) is 0. The summed E-state index contributed by atoms with van der Waals surface area (Å²) < 4.78 is 33.4. The summed E-state index contributed by atoms with van der Waals surface area (Å²) in [5.41, 5.74) is -0.524. The first kappa shape index (κ1) is 18.7. The first-order valence-electron chi connectivity index (χ1n) is 7.30. The SMILES string of the molecule is CC(C)(C)OC(=O)N1CCC(CNS(=O)(=O)c2ccc(Br)s2)C1. The van der Waals surface area contributed by atoms with Gasteiger partial charge in [0.15, 0.2) is 0 Å². The molecule has 0 spiro atoms. The van der Waals surface area contributed by atoms with Crippen LogP contribution in [0.25, 0.3) is 0 Å². The van der Waals surface area contributed by atoms with Gasteiger partial charge >= 0.3 is 6.09 Å². The summed E-state index contributed by atoms with van der Waals surface area (Å²) in [5.74, 6) is 0.0979. The molecule has 2 rings (SSSR count). The van der Waals surface area contributed by atoms with Gasteiger partial charge in [-0.15, -0.1) is 11.3 Å². The number of carbonyl (C=O) groups excluding carboxylic acids is 1. The van der Waals surface area contributed by atoms with E-state index in [-0.39, 0.29) is 16.2 Å². The Morgan fingerprint density at radius 1 is 1.48 bits per heavy atom. The van der Waals surface area contributed by atoms with Crippen molar-refractivity contribution in [2.24, 2.45) is 5.92 Å². The van der Waals surface area contributed by atoms with Gasteiger partial charge in [0.1, 0.15) is 9.81 Å². The van der Waals surface area contributed by atoms with Gasteiger partial charge < -0.3 is 9.64 Å². The predicted molar refractivity (Wildman–Crippen MR) is 93.1 cm³/mol. The molecule has 1 saturated heterocycles. The fraction of sp³-hybridized carbons (Fsp3) is 0.643. The molecular formula is C14H21BrN2O4S2. The number of nitrogens with zero attached hydrogens (tertiary/aromatic N) is 1. The Morgan fingerprint density at radius 3 is 2.74 bits per heavy atom. The number of halogens is 1. The van der Waals surface area contributed by atoms with E-state index < -0.39 is 15.6 Å². The van der Waals surface area contributed by atoms with Crippen LogP contribution in [0.15, 0.2) is 20.1 Å². The van der Waals surface area contributed by atoms with E-state index in [0.29, 0.717) is 19.6 Å². The zero-order valence-corrected chi connectivity index (χ0v) is 16.6. The van der Waals surface area contributed by atoms with Crippen LogP contribution < -0.4 is 4.72 Å². The largest absolute Gasteiger partial charge is 0.444 e. The molecular weight excluding hydrogens is 404 g/mol. The monoisotopic (exact) mass is 424 g/mol. The standard InChI is InChI=1S/C14H21BrN2O4S2/c1-14(2,3)21-13(18)17-7-6-10(9-17)8-16-23(19,20)12-5-4-11(15)22-12/h4-5,10,16H,6-9H2,1-3H3. The summed E-state index contributed by atoms with van der Waals surface area (Å²) in [6, 6.07) is 3.28. The summed E-state index contributed by atoms with van der Waals surface area (Å²) in [6.45, 7) is 6.89. The number of sulfonamides is 1. The molecule has 2 heterocycles. The van der Waals surface area contributed by atoms with E-state index in [1.54, 1.807) is 17.0 Å². The van der Waals surface area contributed by atoms with E-state index in [4.69, 9.17) is 4.74 Å². The maximum Gasteiger partial charge on any atom is 0.410 e. The highest BCUT2D eigenvalue weighted by Gasteiger charge is 2.30. The molecule has 1 aliphatic rings. The van der Waals surface area contributed by atoms with E-state index in [2.05, 4.69) is 20.7 Å². The van der Waals surface area contributed by atoms with E-state index in [1.165, 1.54) is 11.3 Å². The molecule has 130 valence electrons. The van der Waals surface area contributed by atoms with Crippen molar-refractivity contribution >= 4 is 43.4 Å². The van der Waals surface area contributed by atoms with Crippen molar-refractivity contribution in [3.63, 3.8) is 0 Å². The third-order valence-corrected chi connectivity index (χ3v) is 6.85.